The fraction of sp³-hybridized carbons (Fsp3) is 0.667. The monoisotopic (exact) mass is 446 g/mol. The van der Waals surface area contributed by atoms with Crippen molar-refractivity contribution in [1.82, 2.24) is 10.6 Å². The van der Waals surface area contributed by atoms with Gasteiger partial charge in [0.15, 0.2) is 9.84 Å². The second-order valence-electron chi connectivity index (χ2n) is 8.33. The van der Waals surface area contributed by atoms with Crippen molar-refractivity contribution in [2.75, 3.05) is 6.54 Å². The zero-order valence-electron chi connectivity index (χ0n) is 16.9. The van der Waals surface area contributed by atoms with E-state index in [1.165, 1.54) is 12.5 Å². The summed E-state index contributed by atoms with van der Waals surface area (Å²) < 4.78 is 64.4. The second kappa shape index (κ2) is 9.68. The van der Waals surface area contributed by atoms with Crippen LogP contribution in [0.1, 0.15) is 63.4 Å². The lowest BCUT2D eigenvalue weighted by Gasteiger charge is -2.29. The van der Waals surface area contributed by atoms with Crippen LogP contribution in [0.15, 0.2) is 29.2 Å². The third-order valence-electron chi connectivity index (χ3n) is 6.12. The second-order valence-corrected chi connectivity index (χ2v) is 10.6. The van der Waals surface area contributed by atoms with Gasteiger partial charge in [0.05, 0.1) is 22.3 Å². The average molecular weight is 447 g/mol. The third-order valence-corrected chi connectivity index (χ3v) is 8.38. The van der Waals surface area contributed by atoms with Crippen LogP contribution in [0.25, 0.3) is 0 Å². The van der Waals surface area contributed by atoms with Crippen LogP contribution < -0.4 is 10.6 Å². The van der Waals surface area contributed by atoms with E-state index in [-0.39, 0.29) is 29.4 Å². The van der Waals surface area contributed by atoms with Gasteiger partial charge in [0.25, 0.3) is 0 Å². The Morgan fingerprint density at radius 2 is 1.63 bits per heavy atom. The highest BCUT2D eigenvalue weighted by molar-refractivity contribution is 7.92. The normalized spacial score (nSPS) is 23.8. The van der Waals surface area contributed by atoms with E-state index in [4.69, 9.17) is 0 Å². The minimum atomic E-state index is -4.58. The summed E-state index contributed by atoms with van der Waals surface area (Å²) in [6, 6.07) is 4.24. The molecule has 0 atom stereocenters. The molecule has 0 aromatic heterocycles. The Labute approximate surface area is 175 Å². The topological polar surface area (TPSA) is 75.3 Å². The van der Waals surface area contributed by atoms with Crippen molar-refractivity contribution in [3.63, 3.8) is 0 Å². The molecule has 168 valence electrons. The number of carbonyl (C=O) groups excluding carboxylic acids is 1. The largest absolute Gasteiger partial charge is 0.416 e. The Kier molecular flexibility index (Phi) is 7.44. The fourth-order valence-electron chi connectivity index (χ4n) is 4.38. The van der Waals surface area contributed by atoms with Gasteiger partial charge in [-0.2, -0.15) is 13.2 Å². The Balaban J connectivity index is 1.49. The Bertz CT molecular complexity index is 828. The standard InChI is InChI=1S/C21H29F3N2O3S/c22-21(23,24)15-5-4-8-19(13-15)30(28,29)18-11-9-16(10-12-18)25-14-20(27)26-17-6-2-1-3-7-17/h4-5,8,13,16-18,25H,1-3,6-7,9-12,14H2,(H,26,27)/t16-,18+. The van der Waals surface area contributed by atoms with Gasteiger partial charge in [0, 0.05) is 12.1 Å². The third kappa shape index (κ3) is 5.97. The van der Waals surface area contributed by atoms with Gasteiger partial charge in [-0.15, -0.1) is 0 Å². The molecule has 3 rings (SSSR count). The van der Waals surface area contributed by atoms with Gasteiger partial charge < -0.3 is 10.6 Å². The fourth-order valence-corrected chi connectivity index (χ4v) is 6.22. The Hall–Kier alpha value is -1.61. The molecule has 2 aliphatic rings. The van der Waals surface area contributed by atoms with Gasteiger partial charge in [-0.25, -0.2) is 8.42 Å². The van der Waals surface area contributed by atoms with Gasteiger partial charge in [-0.3, -0.25) is 4.79 Å². The molecule has 0 bridgehead atoms. The molecule has 0 heterocycles. The molecule has 2 fully saturated rings. The van der Waals surface area contributed by atoms with Crippen molar-refractivity contribution < 1.29 is 26.4 Å². The van der Waals surface area contributed by atoms with E-state index in [0.717, 1.165) is 43.9 Å². The van der Waals surface area contributed by atoms with Crippen molar-refractivity contribution in [2.45, 2.75) is 86.2 Å². The van der Waals surface area contributed by atoms with Gasteiger partial charge in [-0.05, 0) is 56.7 Å². The van der Waals surface area contributed by atoms with Crippen LogP contribution in [0.4, 0.5) is 13.2 Å². The zero-order chi connectivity index (χ0) is 21.8. The highest BCUT2D eigenvalue weighted by Crippen LogP contribution is 2.33. The molecular weight excluding hydrogens is 417 g/mol. The van der Waals surface area contributed by atoms with Gasteiger partial charge in [-0.1, -0.05) is 25.3 Å². The van der Waals surface area contributed by atoms with Crippen LogP contribution in [-0.4, -0.2) is 38.2 Å². The number of nitrogens with one attached hydrogen (secondary N) is 2. The maximum absolute atomic E-state index is 12.9. The van der Waals surface area contributed by atoms with E-state index in [1.54, 1.807) is 0 Å². The number of hydrogen-bond donors (Lipinski definition) is 2. The molecule has 2 aliphatic carbocycles. The van der Waals surface area contributed by atoms with Crippen molar-refractivity contribution in [1.29, 1.82) is 0 Å². The molecule has 9 heteroatoms. The summed E-state index contributed by atoms with van der Waals surface area (Å²) in [6.45, 7) is 0.201. The highest BCUT2D eigenvalue weighted by Gasteiger charge is 2.35. The van der Waals surface area contributed by atoms with Crippen LogP contribution in [0.5, 0.6) is 0 Å². The molecule has 5 nitrogen and oxygen atoms in total. The van der Waals surface area contributed by atoms with E-state index in [0.29, 0.717) is 25.7 Å². The first-order chi connectivity index (χ1) is 14.2. The molecule has 1 aromatic rings. The summed E-state index contributed by atoms with van der Waals surface area (Å²) in [5.41, 5.74) is -0.956. The Morgan fingerprint density at radius 1 is 0.967 bits per heavy atom. The van der Waals surface area contributed by atoms with Crippen LogP contribution in [0.2, 0.25) is 0 Å². The van der Waals surface area contributed by atoms with Crippen LogP contribution in [-0.2, 0) is 20.8 Å². The summed E-state index contributed by atoms with van der Waals surface area (Å²) >= 11 is 0. The minimum Gasteiger partial charge on any atom is -0.352 e. The van der Waals surface area contributed by atoms with E-state index in [2.05, 4.69) is 10.6 Å². The lowest BCUT2D eigenvalue weighted by atomic mass is 9.94. The molecule has 0 saturated heterocycles. The maximum atomic E-state index is 12.9. The molecule has 0 spiro atoms. The summed E-state index contributed by atoms with van der Waals surface area (Å²) in [5.74, 6) is -0.0411. The smallest absolute Gasteiger partial charge is 0.352 e. The van der Waals surface area contributed by atoms with E-state index in [9.17, 15) is 26.4 Å². The van der Waals surface area contributed by atoms with E-state index < -0.39 is 26.8 Å². The summed E-state index contributed by atoms with van der Waals surface area (Å²) in [4.78, 5) is 11.8. The van der Waals surface area contributed by atoms with Gasteiger partial charge in [0.1, 0.15) is 0 Å². The van der Waals surface area contributed by atoms with Crippen LogP contribution in [0, 0.1) is 0 Å². The first kappa shape index (κ1) is 23.1. The van der Waals surface area contributed by atoms with Crippen LogP contribution in [0.3, 0.4) is 0 Å². The number of benzene rings is 1. The first-order valence-corrected chi connectivity index (χ1v) is 12.1. The molecule has 2 N–H and O–H groups in total. The number of amides is 1. The quantitative estimate of drug-likeness (QED) is 0.697. The number of carbonyl (C=O) groups is 1. The van der Waals surface area contributed by atoms with Gasteiger partial charge in [0.2, 0.25) is 5.91 Å². The lowest BCUT2D eigenvalue weighted by Crippen LogP contribution is -2.45. The van der Waals surface area contributed by atoms with E-state index in [1.807, 2.05) is 0 Å². The van der Waals surface area contributed by atoms with Crippen molar-refractivity contribution in [3.05, 3.63) is 29.8 Å². The van der Waals surface area contributed by atoms with Crippen molar-refractivity contribution in [3.8, 4) is 0 Å². The highest BCUT2D eigenvalue weighted by atomic mass is 32.2. The number of hydrogen-bond acceptors (Lipinski definition) is 4. The molecule has 1 aromatic carbocycles. The molecular formula is C21H29F3N2O3S. The number of rotatable bonds is 6. The zero-order valence-corrected chi connectivity index (χ0v) is 17.7. The molecule has 0 aliphatic heterocycles. The van der Waals surface area contributed by atoms with Gasteiger partial charge >= 0.3 is 6.18 Å². The molecule has 2 saturated carbocycles. The number of alkyl halides is 3. The van der Waals surface area contributed by atoms with Crippen LogP contribution >= 0.6 is 0 Å². The van der Waals surface area contributed by atoms with Crippen molar-refractivity contribution >= 4 is 15.7 Å². The number of halogens is 3. The number of sulfone groups is 1. The minimum absolute atomic E-state index is 0.0371. The lowest BCUT2D eigenvalue weighted by molar-refractivity contribution is -0.137. The molecule has 0 unspecified atom stereocenters. The Morgan fingerprint density at radius 3 is 2.27 bits per heavy atom. The summed E-state index contributed by atoms with van der Waals surface area (Å²) in [5, 5.41) is 5.54. The van der Waals surface area contributed by atoms with Crippen molar-refractivity contribution in [2.24, 2.45) is 0 Å². The maximum Gasteiger partial charge on any atom is 0.416 e. The summed E-state index contributed by atoms with van der Waals surface area (Å²) in [7, 11) is -3.83. The van der Waals surface area contributed by atoms with E-state index >= 15 is 0 Å². The average Bonchev–Trinajstić information content (AvgIpc) is 2.73. The first-order valence-electron chi connectivity index (χ1n) is 10.6. The SMILES string of the molecule is O=C(CN[C@H]1CC[C@@H](S(=O)(=O)c2cccc(C(F)(F)F)c2)CC1)NC1CCCCC1. The molecule has 1 amide bonds. The predicted octanol–water partition coefficient (Wildman–Crippen LogP) is 3.83. The molecule has 30 heavy (non-hydrogen) atoms. The predicted molar refractivity (Wildman–Crippen MR) is 108 cm³/mol. The molecule has 0 radical (unpaired) electrons. The summed E-state index contributed by atoms with van der Waals surface area (Å²) in [6.07, 6.45) is 2.82.